The van der Waals surface area contributed by atoms with Crippen LogP contribution in [0.1, 0.15) is 29.3 Å². The Morgan fingerprint density at radius 1 is 1.13 bits per heavy atom. The standard InChI is InChI=1S/C19H25N3O/c1-15-8-9-17(21-14-15)19(22-12-5-10-20-11-13-22)16-6-3-4-7-18(16)23-2/h3-4,6-9,14,19-20H,5,10-13H2,1-2H3. The van der Waals surface area contributed by atoms with Crippen LogP contribution >= 0.6 is 0 Å². The van der Waals surface area contributed by atoms with Crippen molar-refractivity contribution < 1.29 is 4.74 Å². The molecule has 0 saturated carbocycles. The van der Waals surface area contributed by atoms with Gasteiger partial charge in [-0.3, -0.25) is 9.88 Å². The molecule has 122 valence electrons. The number of benzene rings is 1. The van der Waals surface area contributed by atoms with Gasteiger partial charge in [0.25, 0.3) is 0 Å². The minimum Gasteiger partial charge on any atom is -0.496 e. The average molecular weight is 311 g/mol. The van der Waals surface area contributed by atoms with Gasteiger partial charge in [0.1, 0.15) is 5.75 Å². The molecular weight excluding hydrogens is 286 g/mol. The van der Waals surface area contributed by atoms with Crippen LogP contribution in [0.5, 0.6) is 5.75 Å². The van der Waals surface area contributed by atoms with E-state index < -0.39 is 0 Å². The molecule has 0 amide bonds. The maximum Gasteiger partial charge on any atom is 0.124 e. The highest BCUT2D eigenvalue weighted by Crippen LogP contribution is 2.34. The molecule has 2 aromatic rings. The first-order valence-corrected chi connectivity index (χ1v) is 8.30. The monoisotopic (exact) mass is 311 g/mol. The summed E-state index contributed by atoms with van der Waals surface area (Å²) < 4.78 is 5.62. The fourth-order valence-electron chi connectivity index (χ4n) is 3.20. The molecule has 1 saturated heterocycles. The Morgan fingerprint density at radius 3 is 2.78 bits per heavy atom. The van der Waals surface area contributed by atoms with Gasteiger partial charge in [0.2, 0.25) is 0 Å². The SMILES string of the molecule is COc1ccccc1C(c1ccc(C)cn1)N1CCCNCC1. The van der Waals surface area contributed by atoms with Crippen molar-refractivity contribution in [1.29, 1.82) is 0 Å². The van der Waals surface area contributed by atoms with Crippen molar-refractivity contribution >= 4 is 0 Å². The van der Waals surface area contributed by atoms with E-state index in [-0.39, 0.29) is 6.04 Å². The van der Waals surface area contributed by atoms with Gasteiger partial charge in [-0.25, -0.2) is 0 Å². The molecule has 0 aliphatic carbocycles. The zero-order valence-electron chi connectivity index (χ0n) is 14.0. The van der Waals surface area contributed by atoms with E-state index in [1.54, 1.807) is 7.11 Å². The van der Waals surface area contributed by atoms with Crippen LogP contribution in [0.4, 0.5) is 0 Å². The molecule has 0 bridgehead atoms. The molecule has 1 unspecified atom stereocenters. The predicted molar refractivity (Wildman–Crippen MR) is 92.9 cm³/mol. The molecule has 1 aliphatic rings. The van der Waals surface area contributed by atoms with Crippen LogP contribution in [0.15, 0.2) is 42.6 Å². The zero-order chi connectivity index (χ0) is 16.1. The Bertz CT molecular complexity index is 619. The molecule has 1 aromatic carbocycles. The fraction of sp³-hybridized carbons (Fsp3) is 0.421. The van der Waals surface area contributed by atoms with Crippen LogP contribution in [-0.2, 0) is 0 Å². The van der Waals surface area contributed by atoms with E-state index in [1.165, 1.54) is 11.1 Å². The van der Waals surface area contributed by atoms with Gasteiger partial charge in [-0.05, 0) is 37.6 Å². The zero-order valence-corrected chi connectivity index (χ0v) is 14.0. The van der Waals surface area contributed by atoms with Crippen molar-refractivity contribution in [1.82, 2.24) is 15.2 Å². The summed E-state index contributed by atoms with van der Waals surface area (Å²) in [5.74, 6) is 0.928. The Kier molecular flexibility index (Phi) is 5.26. The first-order chi connectivity index (χ1) is 11.3. The van der Waals surface area contributed by atoms with E-state index in [1.807, 2.05) is 18.3 Å². The minimum absolute atomic E-state index is 0.131. The fourth-order valence-corrected chi connectivity index (χ4v) is 3.20. The largest absolute Gasteiger partial charge is 0.496 e. The van der Waals surface area contributed by atoms with Gasteiger partial charge >= 0.3 is 0 Å². The van der Waals surface area contributed by atoms with Crippen molar-refractivity contribution in [2.24, 2.45) is 0 Å². The Labute approximate surface area is 138 Å². The molecule has 0 radical (unpaired) electrons. The Balaban J connectivity index is 2.03. The van der Waals surface area contributed by atoms with Gasteiger partial charge in [-0.2, -0.15) is 0 Å². The van der Waals surface area contributed by atoms with Crippen LogP contribution in [0.25, 0.3) is 0 Å². The molecular formula is C19H25N3O. The highest BCUT2D eigenvalue weighted by Gasteiger charge is 2.26. The van der Waals surface area contributed by atoms with Gasteiger partial charge in [-0.15, -0.1) is 0 Å². The van der Waals surface area contributed by atoms with E-state index in [2.05, 4.69) is 41.4 Å². The summed E-state index contributed by atoms with van der Waals surface area (Å²) in [5.41, 5.74) is 3.46. The van der Waals surface area contributed by atoms with E-state index in [4.69, 9.17) is 9.72 Å². The van der Waals surface area contributed by atoms with Gasteiger partial charge in [0.05, 0.1) is 18.8 Å². The molecule has 1 aromatic heterocycles. The predicted octanol–water partition coefficient (Wildman–Crippen LogP) is 2.78. The summed E-state index contributed by atoms with van der Waals surface area (Å²) >= 11 is 0. The maximum absolute atomic E-state index is 5.62. The third-order valence-corrected chi connectivity index (χ3v) is 4.39. The molecule has 23 heavy (non-hydrogen) atoms. The number of ether oxygens (including phenoxy) is 1. The van der Waals surface area contributed by atoms with Crippen molar-refractivity contribution in [3.63, 3.8) is 0 Å². The second-order valence-corrected chi connectivity index (χ2v) is 6.04. The summed E-state index contributed by atoms with van der Waals surface area (Å²) in [5, 5.41) is 3.48. The molecule has 4 heteroatoms. The second kappa shape index (κ2) is 7.57. The quantitative estimate of drug-likeness (QED) is 0.942. The molecule has 1 atom stereocenters. The molecule has 0 spiro atoms. The van der Waals surface area contributed by atoms with E-state index in [0.29, 0.717) is 0 Å². The average Bonchev–Trinajstić information content (AvgIpc) is 2.87. The molecule has 1 N–H and O–H groups in total. The van der Waals surface area contributed by atoms with E-state index >= 15 is 0 Å². The van der Waals surface area contributed by atoms with Gasteiger partial charge < -0.3 is 10.1 Å². The summed E-state index contributed by atoms with van der Waals surface area (Å²) in [4.78, 5) is 7.23. The number of para-hydroxylation sites is 1. The van der Waals surface area contributed by atoms with Gasteiger partial charge in [0.15, 0.2) is 0 Å². The van der Waals surface area contributed by atoms with Crippen LogP contribution < -0.4 is 10.1 Å². The lowest BCUT2D eigenvalue weighted by Crippen LogP contribution is -2.33. The van der Waals surface area contributed by atoms with Crippen LogP contribution in [0, 0.1) is 6.92 Å². The van der Waals surface area contributed by atoms with E-state index in [0.717, 1.165) is 44.0 Å². The molecule has 2 heterocycles. The number of nitrogens with one attached hydrogen (secondary N) is 1. The van der Waals surface area contributed by atoms with Crippen molar-refractivity contribution in [2.75, 3.05) is 33.3 Å². The first kappa shape index (κ1) is 16.0. The van der Waals surface area contributed by atoms with Crippen LogP contribution in [-0.4, -0.2) is 43.2 Å². The summed E-state index contributed by atoms with van der Waals surface area (Å²) in [6.45, 7) is 6.24. The maximum atomic E-state index is 5.62. The highest BCUT2D eigenvalue weighted by molar-refractivity contribution is 5.40. The minimum atomic E-state index is 0.131. The first-order valence-electron chi connectivity index (χ1n) is 8.30. The Morgan fingerprint density at radius 2 is 2.00 bits per heavy atom. The smallest absolute Gasteiger partial charge is 0.124 e. The van der Waals surface area contributed by atoms with Crippen LogP contribution in [0.2, 0.25) is 0 Å². The lowest BCUT2D eigenvalue weighted by Gasteiger charge is -2.31. The number of hydrogen-bond donors (Lipinski definition) is 1. The number of rotatable bonds is 4. The van der Waals surface area contributed by atoms with Gasteiger partial charge in [-0.1, -0.05) is 24.3 Å². The normalized spacial score (nSPS) is 17.5. The van der Waals surface area contributed by atoms with Crippen molar-refractivity contribution in [3.8, 4) is 5.75 Å². The highest BCUT2D eigenvalue weighted by atomic mass is 16.5. The topological polar surface area (TPSA) is 37.4 Å². The molecule has 1 aliphatic heterocycles. The molecule has 1 fully saturated rings. The number of aromatic nitrogens is 1. The summed E-state index contributed by atoms with van der Waals surface area (Å²) in [7, 11) is 1.74. The second-order valence-electron chi connectivity index (χ2n) is 6.04. The van der Waals surface area contributed by atoms with Crippen molar-refractivity contribution in [2.45, 2.75) is 19.4 Å². The van der Waals surface area contributed by atoms with Gasteiger partial charge in [0, 0.05) is 31.4 Å². The number of nitrogens with zero attached hydrogens (tertiary/aromatic N) is 2. The van der Waals surface area contributed by atoms with Crippen LogP contribution in [0.3, 0.4) is 0 Å². The van der Waals surface area contributed by atoms with E-state index in [9.17, 15) is 0 Å². The Hall–Kier alpha value is -1.91. The number of methoxy groups -OCH3 is 1. The summed E-state index contributed by atoms with van der Waals surface area (Å²) in [6.07, 6.45) is 3.10. The number of aryl methyl sites for hydroxylation is 1. The van der Waals surface area contributed by atoms with Crippen molar-refractivity contribution in [3.05, 3.63) is 59.4 Å². The molecule has 4 nitrogen and oxygen atoms in total. The lowest BCUT2D eigenvalue weighted by atomic mass is 9.99. The third-order valence-electron chi connectivity index (χ3n) is 4.39. The molecule has 3 rings (SSSR count). The lowest BCUT2D eigenvalue weighted by molar-refractivity contribution is 0.232. The third kappa shape index (κ3) is 3.71. The number of pyridine rings is 1. The number of hydrogen-bond acceptors (Lipinski definition) is 4. The summed E-state index contributed by atoms with van der Waals surface area (Å²) in [6, 6.07) is 12.7.